The Morgan fingerprint density at radius 2 is 1.96 bits per heavy atom. The molecule has 7 nitrogen and oxygen atoms in total. The average Bonchev–Trinajstić information content (AvgIpc) is 2.54. The number of non-ortho nitro benzene ring substituents is 1. The van der Waals surface area contributed by atoms with E-state index in [9.17, 15) is 14.9 Å². The minimum Gasteiger partial charge on any atom is -0.483 e. The number of para-hydroxylation sites is 1. The summed E-state index contributed by atoms with van der Waals surface area (Å²) in [5, 5.41) is 14.3. The van der Waals surface area contributed by atoms with E-state index in [2.05, 4.69) is 10.5 Å². The number of aryl methyl sites for hydroxylation is 1. The monoisotopic (exact) mass is 313 g/mol. The minimum atomic E-state index is -0.481. The van der Waals surface area contributed by atoms with Gasteiger partial charge in [-0.1, -0.05) is 18.2 Å². The van der Waals surface area contributed by atoms with E-state index in [0.717, 1.165) is 5.56 Å². The van der Waals surface area contributed by atoms with Crippen LogP contribution in [0.2, 0.25) is 0 Å². The molecule has 0 aliphatic heterocycles. The van der Waals surface area contributed by atoms with Gasteiger partial charge in [-0.15, -0.1) is 0 Å². The van der Waals surface area contributed by atoms with Crippen LogP contribution in [0, 0.1) is 17.0 Å². The van der Waals surface area contributed by atoms with Crippen LogP contribution in [-0.4, -0.2) is 23.7 Å². The number of hydrogen-bond donors (Lipinski definition) is 1. The van der Waals surface area contributed by atoms with Crippen LogP contribution in [0.15, 0.2) is 53.6 Å². The van der Waals surface area contributed by atoms with Crippen molar-refractivity contribution < 1.29 is 14.5 Å². The van der Waals surface area contributed by atoms with Crippen molar-refractivity contribution in [1.29, 1.82) is 0 Å². The molecule has 0 fully saturated rings. The molecular weight excluding hydrogens is 298 g/mol. The van der Waals surface area contributed by atoms with Crippen molar-refractivity contribution >= 4 is 17.8 Å². The number of amides is 1. The Bertz CT molecular complexity index is 726. The number of benzene rings is 2. The van der Waals surface area contributed by atoms with E-state index in [4.69, 9.17) is 4.74 Å². The summed E-state index contributed by atoms with van der Waals surface area (Å²) in [5.74, 6) is 0.244. The summed E-state index contributed by atoms with van der Waals surface area (Å²) < 4.78 is 5.38. The number of nitro groups is 1. The fourth-order valence-electron chi connectivity index (χ4n) is 1.75. The summed E-state index contributed by atoms with van der Waals surface area (Å²) in [6.07, 6.45) is 1.40. The lowest BCUT2D eigenvalue weighted by Crippen LogP contribution is -2.24. The smallest absolute Gasteiger partial charge is 0.277 e. The Balaban J connectivity index is 1.82. The molecule has 2 rings (SSSR count). The van der Waals surface area contributed by atoms with Gasteiger partial charge >= 0.3 is 0 Å². The molecule has 1 N–H and O–H groups in total. The number of carbonyl (C=O) groups excluding carboxylic acids is 1. The van der Waals surface area contributed by atoms with Crippen molar-refractivity contribution in [1.82, 2.24) is 5.43 Å². The zero-order valence-corrected chi connectivity index (χ0v) is 12.4. The maximum Gasteiger partial charge on any atom is 0.277 e. The van der Waals surface area contributed by atoms with Gasteiger partial charge in [-0.2, -0.15) is 5.10 Å². The molecule has 0 radical (unpaired) electrons. The van der Waals surface area contributed by atoms with Crippen LogP contribution >= 0.6 is 0 Å². The first kappa shape index (κ1) is 16.2. The zero-order valence-electron chi connectivity index (χ0n) is 12.4. The molecule has 0 bridgehead atoms. The van der Waals surface area contributed by atoms with Crippen molar-refractivity contribution in [2.45, 2.75) is 6.92 Å². The number of nitro benzene ring substituents is 1. The highest BCUT2D eigenvalue weighted by Crippen LogP contribution is 2.15. The predicted octanol–water partition coefficient (Wildman–Crippen LogP) is 2.43. The first-order chi connectivity index (χ1) is 11.1. The highest BCUT2D eigenvalue weighted by molar-refractivity contribution is 5.83. The van der Waals surface area contributed by atoms with E-state index in [1.807, 2.05) is 25.1 Å². The zero-order chi connectivity index (χ0) is 16.7. The average molecular weight is 313 g/mol. The Morgan fingerprint density at radius 3 is 2.61 bits per heavy atom. The van der Waals surface area contributed by atoms with Crippen molar-refractivity contribution in [3.63, 3.8) is 0 Å². The Labute approximate surface area is 132 Å². The number of carbonyl (C=O) groups is 1. The van der Waals surface area contributed by atoms with E-state index < -0.39 is 10.8 Å². The lowest BCUT2D eigenvalue weighted by atomic mass is 10.2. The molecule has 0 aliphatic carbocycles. The maximum atomic E-state index is 11.6. The summed E-state index contributed by atoms with van der Waals surface area (Å²) in [7, 11) is 0. The number of rotatable bonds is 6. The van der Waals surface area contributed by atoms with Crippen LogP contribution < -0.4 is 10.2 Å². The highest BCUT2D eigenvalue weighted by Gasteiger charge is 2.04. The van der Waals surface area contributed by atoms with Crippen molar-refractivity contribution in [2.24, 2.45) is 5.10 Å². The van der Waals surface area contributed by atoms with Crippen LogP contribution in [0.4, 0.5) is 5.69 Å². The number of nitrogens with zero attached hydrogens (tertiary/aromatic N) is 2. The highest BCUT2D eigenvalue weighted by atomic mass is 16.6. The molecular formula is C16H15N3O4. The van der Waals surface area contributed by atoms with E-state index >= 15 is 0 Å². The third-order valence-corrected chi connectivity index (χ3v) is 2.96. The molecule has 0 heterocycles. The van der Waals surface area contributed by atoms with E-state index in [1.54, 1.807) is 6.07 Å². The van der Waals surface area contributed by atoms with Gasteiger partial charge in [0, 0.05) is 12.1 Å². The molecule has 7 heteroatoms. The molecule has 23 heavy (non-hydrogen) atoms. The summed E-state index contributed by atoms with van der Waals surface area (Å²) in [6.45, 7) is 1.74. The molecule has 0 saturated carbocycles. The van der Waals surface area contributed by atoms with Crippen molar-refractivity contribution in [3.05, 3.63) is 69.8 Å². The van der Waals surface area contributed by atoms with Crippen molar-refractivity contribution in [3.8, 4) is 5.75 Å². The van der Waals surface area contributed by atoms with E-state index in [0.29, 0.717) is 11.3 Å². The third-order valence-electron chi connectivity index (χ3n) is 2.96. The largest absolute Gasteiger partial charge is 0.483 e. The molecule has 0 spiro atoms. The van der Waals surface area contributed by atoms with Crippen LogP contribution in [-0.2, 0) is 4.79 Å². The fourth-order valence-corrected chi connectivity index (χ4v) is 1.75. The molecule has 0 aliphatic rings. The van der Waals surface area contributed by atoms with Crippen molar-refractivity contribution in [2.75, 3.05) is 6.61 Å². The number of ether oxygens (including phenoxy) is 1. The topological polar surface area (TPSA) is 93.8 Å². The Morgan fingerprint density at radius 1 is 1.26 bits per heavy atom. The lowest BCUT2D eigenvalue weighted by Gasteiger charge is -2.07. The second-order valence-corrected chi connectivity index (χ2v) is 4.70. The van der Waals surface area contributed by atoms with Crippen LogP contribution in [0.1, 0.15) is 11.1 Å². The first-order valence-electron chi connectivity index (χ1n) is 6.81. The molecule has 1 amide bonds. The fraction of sp³-hybridized carbons (Fsp3) is 0.125. The van der Waals surface area contributed by atoms with Gasteiger partial charge in [0.05, 0.1) is 11.1 Å². The summed E-state index contributed by atoms with van der Waals surface area (Å²) in [5.41, 5.74) is 3.90. The predicted molar refractivity (Wildman–Crippen MR) is 85.5 cm³/mol. The molecule has 2 aromatic carbocycles. The van der Waals surface area contributed by atoms with E-state index in [1.165, 1.54) is 30.5 Å². The summed E-state index contributed by atoms with van der Waals surface area (Å²) in [4.78, 5) is 21.7. The van der Waals surface area contributed by atoms with Gasteiger partial charge in [0.25, 0.3) is 11.6 Å². The quantitative estimate of drug-likeness (QED) is 0.503. The summed E-state index contributed by atoms with van der Waals surface area (Å²) in [6, 6.07) is 13.2. The normalized spacial score (nSPS) is 10.5. The lowest BCUT2D eigenvalue weighted by molar-refractivity contribution is -0.384. The molecule has 0 atom stereocenters. The number of hydrazone groups is 1. The molecule has 2 aromatic rings. The molecule has 0 unspecified atom stereocenters. The minimum absolute atomic E-state index is 0.00202. The van der Waals surface area contributed by atoms with Crippen LogP contribution in [0.25, 0.3) is 0 Å². The first-order valence-corrected chi connectivity index (χ1v) is 6.81. The van der Waals surface area contributed by atoms with Gasteiger partial charge < -0.3 is 4.74 Å². The number of hydrogen-bond acceptors (Lipinski definition) is 5. The Kier molecular flexibility index (Phi) is 5.40. The second kappa shape index (κ2) is 7.69. The molecule has 118 valence electrons. The van der Waals surface area contributed by atoms with Gasteiger partial charge in [0.15, 0.2) is 6.61 Å². The third kappa shape index (κ3) is 4.92. The Hall–Kier alpha value is -3.22. The van der Waals surface area contributed by atoms with Gasteiger partial charge in [-0.25, -0.2) is 5.43 Å². The summed E-state index contributed by atoms with van der Waals surface area (Å²) >= 11 is 0. The SMILES string of the molecule is Cc1ccccc1OCC(=O)N/N=C\c1ccc([N+](=O)[O-])cc1. The van der Waals surface area contributed by atoms with Crippen LogP contribution in [0.5, 0.6) is 5.75 Å². The molecule has 0 saturated heterocycles. The number of nitrogens with one attached hydrogen (secondary N) is 1. The van der Waals surface area contributed by atoms with Gasteiger partial charge in [-0.05, 0) is 36.2 Å². The van der Waals surface area contributed by atoms with Gasteiger partial charge in [0.1, 0.15) is 5.75 Å². The van der Waals surface area contributed by atoms with E-state index in [-0.39, 0.29) is 12.3 Å². The standard InChI is InChI=1S/C16H15N3O4/c1-12-4-2-3-5-15(12)23-11-16(20)18-17-10-13-6-8-14(9-7-13)19(21)22/h2-10H,11H2,1H3,(H,18,20)/b17-10-. The van der Waals surface area contributed by atoms with Crippen LogP contribution in [0.3, 0.4) is 0 Å². The second-order valence-electron chi connectivity index (χ2n) is 4.70. The van der Waals surface area contributed by atoms with Gasteiger partial charge in [-0.3, -0.25) is 14.9 Å². The molecule has 0 aromatic heterocycles. The maximum absolute atomic E-state index is 11.6. The van der Waals surface area contributed by atoms with Gasteiger partial charge in [0.2, 0.25) is 0 Å².